The zero-order chi connectivity index (χ0) is 44.0. The average Bonchev–Trinajstić information content (AvgIpc) is 3.77. The van der Waals surface area contributed by atoms with Gasteiger partial charge in [-0.05, 0) is 145 Å². The third kappa shape index (κ3) is 8.41. The summed E-state index contributed by atoms with van der Waals surface area (Å²) in [5.41, 5.74) is -5.63. The Morgan fingerprint density at radius 3 is 1.31 bits per heavy atom. The highest BCUT2D eigenvalue weighted by Gasteiger charge is 2.38. The Morgan fingerprint density at radius 2 is 0.934 bits per heavy atom. The first-order valence-electron chi connectivity index (χ1n) is 17.8. The van der Waals surface area contributed by atoms with Gasteiger partial charge in [0.25, 0.3) is 0 Å². The number of aryl methyl sites for hydroxylation is 1. The van der Waals surface area contributed by atoms with Crippen LogP contribution in [0.3, 0.4) is 0 Å². The van der Waals surface area contributed by atoms with Crippen molar-refractivity contribution in [1.82, 2.24) is 0 Å². The SMILES string of the molecule is [C-]#[N+]C([N+]#[C-])=C1Cc2c(-c3ccc(SC(F)(F)F)cc3)c3c(c(-c4ccc(SC(F)(F)F)cc4)c2=C1c1ccc(C)cc1)CC(=C(C#N)C#N)C=3c1ccc(C(F)(F)F)cc1. The van der Waals surface area contributed by atoms with Crippen molar-refractivity contribution in [1.29, 1.82) is 10.5 Å². The molecule has 0 saturated heterocycles. The van der Waals surface area contributed by atoms with Crippen LogP contribution in [0.15, 0.2) is 129 Å². The first kappa shape index (κ1) is 42.5. The minimum absolute atomic E-state index is 0.0992. The lowest BCUT2D eigenvalue weighted by atomic mass is 9.86. The van der Waals surface area contributed by atoms with Gasteiger partial charge >= 0.3 is 23.0 Å². The van der Waals surface area contributed by atoms with Gasteiger partial charge in [0.15, 0.2) is 0 Å². The predicted molar refractivity (Wildman–Crippen MR) is 214 cm³/mol. The largest absolute Gasteiger partial charge is 0.523 e. The third-order valence-electron chi connectivity index (χ3n) is 10.1. The van der Waals surface area contributed by atoms with Gasteiger partial charge in [0.2, 0.25) is 0 Å². The average molecular weight is 867 g/mol. The number of fused-ring (bicyclic) bond motifs is 2. The van der Waals surface area contributed by atoms with E-state index in [-0.39, 0.29) is 74.3 Å². The molecule has 5 aromatic rings. The van der Waals surface area contributed by atoms with Crippen LogP contribution in [0.5, 0.6) is 0 Å². The van der Waals surface area contributed by atoms with Gasteiger partial charge in [0.1, 0.15) is 30.9 Å². The molecule has 2 aliphatic rings. The van der Waals surface area contributed by atoms with E-state index < -0.39 is 22.8 Å². The maximum atomic E-state index is 13.9. The Bertz CT molecular complexity index is 2960. The molecule has 302 valence electrons. The molecular formula is C46H23F9N4S2. The van der Waals surface area contributed by atoms with E-state index in [1.807, 2.05) is 31.2 Å². The van der Waals surface area contributed by atoms with E-state index in [0.717, 1.165) is 17.7 Å². The molecule has 0 unspecified atom stereocenters. The summed E-state index contributed by atoms with van der Waals surface area (Å²) in [6.45, 7) is 17.8. The molecular weight excluding hydrogens is 844 g/mol. The lowest BCUT2D eigenvalue weighted by molar-refractivity contribution is -0.137. The van der Waals surface area contributed by atoms with Crippen LogP contribution in [0, 0.1) is 42.7 Å². The molecule has 0 radical (unpaired) electrons. The van der Waals surface area contributed by atoms with Crippen LogP contribution in [0.2, 0.25) is 0 Å². The monoisotopic (exact) mass is 866 g/mol. The predicted octanol–water partition coefficient (Wildman–Crippen LogP) is 12.5. The van der Waals surface area contributed by atoms with Gasteiger partial charge in [0, 0.05) is 16.2 Å². The molecule has 0 aliphatic heterocycles. The summed E-state index contributed by atoms with van der Waals surface area (Å²) < 4.78 is 123. The summed E-state index contributed by atoms with van der Waals surface area (Å²) in [5, 5.41) is 21.3. The van der Waals surface area contributed by atoms with E-state index in [0.29, 0.717) is 60.5 Å². The summed E-state index contributed by atoms with van der Waals surface area (Å²) >= 11 is -0.683. The number of benzene rings is 5. The number of thioether (sulfide) groups is 2. The van der Waals surface area contributed by atoms with E-state index >= 15 is 0 Å². The fourth-order valence-electron chi connectivity index (χ4n) is 7.78. The Labute approximate surface area is 350 Å². The molecule has 15 heteroatoms. The maximum Gasteiger partial charge on any atom is 0.523 e. The zero-order valence-corrected chi connectivity index (χ0v) is 32.8. The number of alkyl halides is 9. The molecule has 7 rings (SSSR count). The van der Waals surface area contributed by atoms with Crippen molar-refractivity contribution in [2.24, 2.45) is 0 Å². The minimum atomic E-state index is -4.72. The Hall–Kier alpha value is -6.65. The van der Waals surface area contributed by atoms with Gasteiger partial charge in [-0.15, -0.1) is 0 Å². The number of hydrogen-bond donors (Lipinski definition) is 0. The van der Waals surface area contributed by atoms with Crippen molar-refractivity contribution < 1.29 is 39.5 Å². The molecule has 0 amide bonds. The standard InChI is InChI=1S/C46H23F9N4S2/c1-24-4-6-25(7-5-24)40-36(43(58-2)59-3)21-35-39(28-12-18-32(19-13-28)61-46(53,54)55)41-34(38(42(35)40)27-10-16-31(17-11-27)60-45(50,51)52)20-33(29(22-56)23-57)37(41)26-8-14-30(15-9-26)44(47,48)49/h4-19H,20-21H2,1H3. The number of allylic oxidation sites excluding steroid dienone is 3. The van der Waals surface area contributed by atoms with Crippen LogP contribution < -0.4 is 10.4 Å². The van der Waals surface area contributed by atoms with Gasteiger partial charge < -0.3 is 0 Å². The molecule has 2 aliphatic carbocycles. The zero-order valence-electron chi connectivity index (χ0n) is 31.2. The second kappa shape index (κ2) is 16.1. The molecule has 0 N–H and O–H groups in total. The molecule has 0 atom stereocenters. The normalized spacial score (nSPS) is 13.5. The van der Waals surface area contributed by atoms with Gasteiger partial charge in [-0.1, -0.05) is 66.2 Å². The number of nitriles is 2. The lowest BCUT2D eigenvalue weighted by Gasteiger charge is -2.18. The highest BCUT2D eigenvalue weighted by Crippen LogP contribution is 2.45. The van der Waals surface area contributed by atoms with E-state index in [1.54, 1.807) is 12.1 Å². The van der Waals surface area contributed by atoms with Crippen molar-refractivity contribution in [3.05, 3.63) is 186 Å². The van der Waals surface area contributed by atoms with Crippen LogP contribution >= 0.6 is 23.5 Å². The van der Waals surface area contributed by atoms with Gasteiger partial charge in [0.05, 0.1) is 11.1 Å². The quantitative estimate of drug-likeness (QED) is 0.0738. The Morgan fingerprint density at radius 1 is 0.557 bits per heavy atom. The Balaban J connectivity index is 1.76. The summed E-state index contributed by atoms with van der Waals surface area (Å²) in [4.78, 5) is 6.80. The molecule has 0 bridgehead atoms. The molecule has 61 heavy (non-hydrogen) atoms. The van der Waals surface area contributed by atoms with Crippen LogP contribution in [-0.4, -0.2) is 11.0 Å². The highest BCUT2D eigenvalue weighted by atomic mass is 32.2. The van der Waals surface area contributed by atoms with Gasteiger partial charge in [-0.2, -0.15) is 59.7 Å². The number of nitrogens with zero attached hydrogens (tertiary/aromatic N) is 4. The molecule has 4 nitrogen and oxygen atoms in total. The third-order valence-corrected chi connectivity index (χ3v) is 11.6. The van der Waals surface area contributed by atoms with Crippen molar-refractivity contribution in [2.45, 2.75) is 46.7 Å². The molecule has 5 aromatic carbocycles. The van der Waals surface area contributed by atoms with Gasteiger partial charge in [-0.3, -0.25) is 0 Å². The number of rotatable bonds is 6. The Kier molecular flexibility index (Phi) is 11.2. The molecule has 0 fully saturated rings. The summed E-state index contributed by atoms with van der Waals surface area (Å²) in [6, 6.07) is 25.8. The number of halogens is 9. The fraction of sp³-hybridized carbons (Fsp3) is 0.130. The van der Waals surface area contributed by atoms with Crippen molar-refractivity contribution in [2.75, 3.05) is 0 Å². The molecule has 0 heterocycles. The topological polar surface area (TPSA) is 56.3 Å². The smallest absolute Gasteiger partial charge is 0.192 e. The number of hydrogen-bond acceptors (Lipinski definition) is 4. The van der Waals surface area contributed by atoms with Gasteiger partial charge in [-0.25, -0.2) is 0 Å². The second-order valence-electron chi connectivity index (χ2n) is 13.7. The summed E-state index contributed by atoms with van der Waals surface area (Å²) in [7, 11) is 0. The van der Waals surface area contributed by atoms with E-state index in [9.17, 15) is 50.0 Å². The maximum absolute atomic E-state index is 13.9. The first-order valence-corrected chi connectivity index (χ1v) is 19.4. The summed E-state index contributed by atoms with van der Waals surface area (Å²) in [6.07, 6.45) is -5.00. The van der Waals surface area contributed by atoms with Crippen molar-refractivity contribution in [3.8, 4) is 34.4 Å². The van der Waals surface area contributed by atoms with Crippen LogP contribution in [0.1, 0.15) is 33.4 Å². The van der Waals surface area contributed by atoms with E-state index in [4.69, 9.17) is 13.1 Å². The molecule has 0 aromatic heterocycles. The van der Waals surface area contributed by atoms with Crippen LogP contribution in [0.25, 0.3) is 43.1 Å². The fourth-order valence-corrected chi connectivity index (χ4v) is 8.86. The minimum Gasteiger partial charge on any atom is -0.192 e. The van der Waals surface area contributed by atoms with Crippen LogP contribution in [-0.2, 0) is 19.0 Å². The van der Waals surface area contributed by atoms with Crippen molar-refractivity contribution >= 4 is 34.7 Å². The summed E-state index contributed by atoms with van der Waals surface area (Å²) in [5.74, 6) is -0.290. The first-order chi connectivity index (χ1) is 28.8. The molecule has 0 saturated carbocycles. The van der Waals surface area contributed by atoms with Crippen LogP contribution in [0.4, 0.5) is 39.5 Å². The van der Waals surface area contributed by atoms with E-state index in [2.05, 4.69) is 9.69 Å². The van der Waals surface area contributed by atoms with Crippen molar-refractivity contribution in [3.63, 3.8) is 0 Å². The lowest BCUT2D eigenvalue weighted by Crippen LogP contribution is -2.25. The van der Waals surface area contributed by atoms with E-state index in [1.165, 1.54) is 60.7 Å². The highest BCUT2D eigenvalue weighted by molar-refractivity contribution is 8.00. The second-order valence-corrected chi connectivity index (χ2v) is 16.0. The molecule has 0 spiro atoms.